The molecule has 0 spiro atoms. The summed E-state index contributed by atoms with van der Waals surface area (Å²) in [5.74, 6) is 0.200. The molecule has 4 nitrogen and oxygen atoms in total. The molecule has 0 aliphatic heterocycles. The number of hydrogen-bond donors (Lipinski definition) is 1. The van der Waals surface area contributed by atoms with Crippen molar-refractivity contribution in [2.45, 2.75) is 38.5 Å². The highest BCUT2D eigenvalue weighted by atomic mass is 16.5. The van der Waals surface area contributed by atoms with E-state index in [1.807, 2.05) is 48.5 Å². The lowest BCUT2D eigenvalue weighted by Gasteiger charge is -2.06. The summed E-state index contributed by atoms with van der Waals surface area (Å²) in [4.78, 5) is 22.6. The van der Waals surface area contributed by atoms with E-state index in [9.17, 15) is 9.59 Å². The van der Waals surface area contributed by atoms with Crippen molar-refractivity contribution in [3.05, 3.63) is 54.1 Å². The molecule has 0 unspecified atom stereocenters. The molecule has 4 heteroatoms. The van der Waals surface area contributed by atoms with Crippen LogP contribution in [0.5, 0.6) is 5.75 Å². The summed E-state index contributed by atoms with van der Waals surface area (Å²) in [7, 11) is 1.64. The molecule has 0 amide bonds. The Kier molecular flexibility index (Phi) is 7.20. The summed E-state index contributed by atoms with van der Waals surface area (Å²) in [6.45, 7) is 0. The maximum atomic E-state index is 12.2. The number of methoxy groups -OCH3 is 1. The standard InChI is InChI=1S/C21H24O4/c1-25-19-14-12-17(13-15-19)16-8-10-18(11-9-16)20(22)6-4-2-3-5-7-21(23)24/h8-15H,2-7H2,1H3,(H,23,24). The van der Waals surface area contributed by atoms with Gasteiger partial charge >= 0.3 is 5.97 Å². The first-order valence-corrected chi connectivity index (χ1v) is 8.59. The van der Waals surface area contributed by atoms with E-state index in [0.717, 1.165) is 41.7 Å². The molecule has 2 aromatic rings. The predicted molar refractivity (Wildman–Crippen MR) is 98.1 cm³/mol. The third kappa shape index (κ3) is 6.07. The average Bonchev–Trinajstić information content (AvgIpc) is 2.64. The van der Waals surface area contributed by atoms with Crippen LogP contribution in [0.2, 0.25) is 0 Å². The summed E-state index contributed by atoms with van der Waals surface area (Å²) in [5, 5.41) is 8.58. The SMILES string of the molecule is COc1ccc(-c2ccc(C(=O)CCCCCCC(=O)O)cc2)cc1. The Balaban J connectivity index is 1.82. The molecule has 0 aromatic heterocycles. The van der Waals surface area contributed by atoms with Crippen molar-refractivity contribution >= 4 is 11.8 Å². The monoisotopic (exact) mass is 340 g/mol. The largest absolute Gasteiger partial charge is 0.497 e. The zero-order valence-electron chi connectivity index (χ0n) is 14.5. The molecular weight excluding hydrogens is 316 g/mol. The molecule has 0 atom stereocenters. The highest BCUT2D eigenvalue weighted by Gasteiger charge is 2.06. The van der Waals surface area contributed by atoms with E-state index in [2.05, 4.69) is 0 Å². The van der Waals surface area contributed by atoms with Crippen molar-refractivity contribution in [3.8, 4) is 16.9 Å². The Morgan fingerprint density at radius 3 is 1.84 bits per heavy atom. The topological polar surface area (TPSA) is 63.6 Å². The minimum atomic E-state index is -0.756. The summed E-state index contributed by atoms with van der Waals surface area (Å²) < 4.78 is 5.16. The van der Waals surface area contributed by atoms with Crippen LogP contribution in [0.1, 0.15) is 48.9 Å². The number of carbonyl (C=O) groups is 2. The zero-order chi connectivity index (χ0) is 18.1. The Bertz CT molecular complexity index is 687. The number of hydrogen-bond acceptors (Lipinski definition) is 3. The first kappa shape index (κ1) is 18.7. The second-order valence-electron chi connectivity index (χ2n) is 6.04. The molecule has 0 aliphatic rings. The molecule has 0 bridgehead atoms. The van der Waals surface area contributed by atoms with Crippen LogP contribution in [-0.2, 0) is 4.79 Å². The predicted octanol–water partition coefficient (Wildman–Crippen LogP) is 4.97. The number of Topliss-reactive ketones (excluding diaryl/α,β-unsaturated/α-hetero) is 1. The maximum Gasteiger partial charge on any atom is 0.303 e. The number of rotatable bonds is 10. The van der Waals surface area contributed by atoms with E-state index in [1.54, 1.807) is 7.11 Å². The first-order chi connectivity index (χ1) is 12.1. The number of ether oxygens (including phenoxy) is 1. The van der Waals surface area contributed by atoms with E-state index in [-0.39, 0.29) is 12.2 Å². The van der Waals surface area contributed by atoms with Crippen LogP contribution in [0.15, 0.2) is 48.5 Å². The van der Waals surface area contributed by atoms with Gasteiger partial charge in [-0.05, 0) is 36.1 Å². The quantitative estimate of drug-likeness (QED) is 0.490. The smallest absolute Gasteiger partial charge is 0.303 e. The normalized spacial score (nSPS) is 10.4. The van der Waals surface area contributed by atoms with E-state index in [4.69, 9.17) is 9.84 Å². The molecular formula is C21H24O4. The third-order valence-corrected chi connectivity index (χ3v) is 4.17. The average molecular weight is 340 g/mol. The highest BCUT2D eigenvalue weighted by Crippen LogP contribution is 2.23. The summed E-state index contributed by atoms with van der Waals surface area (Å²) >= 11 is 0. The molecule has 0 radical (unpaired) electrons. The second kappa shape index (κ2) is 9.62. The van der Waals surface area contributed by atoms with Gasteiger partial charge in [0.05, 0.1) is 7.11 Å². The number of carboxylic acid groups (broad SMARTS) is 1. The van der Waals surface area contributed by atoms with Gasteiger partial charge in [0, 0.05) is 18.4 Å². The van der Waals surface area contributed by atoms with E-state index >= 15 is 0 Å². The van der Waals surface area contributed by atoms with Crippen molar-refractivity contribution in [1.82, 2.24) is 0 Å². The van der Waals surface area contributed by atoms with Crippen LogP contribution < -0.4 is 4.74 Å². The zero-order valence-corrected chi connectivity index (χ0v) is 14.5. The van der Waals surface area contributed by atoms with Crippen LogP contribution in [0, 0.1) is 0 Å². The second-order valence-corrected chi connectivity index (χ2v) is 6.04. The molecule has 1 N–H and O–H groups in total. The molecule has 0 aliphatic carbocycles. The molecule has 0 saturated carbocycles. The number of aliphatic carboxylic acids is 1. The number of carboxylic acids is 1. The number of ketones is 1. The Labute approximate surface area is 148 Å². The van der Waals surface area contributed by atoms with Gasteiger partial charge in [-0.2, -0.15) is 0 Å². The highest BCUT2D eigenvalue weighted by molar-refractivity contribution is 5.96. The Hall–Kier alpha value is -2.62. The first-order valence-electron chi connectivity index (χ1n) is 8.59. The van der Waals surface area contributed by atoms with Gasteiger partial charge in [-0.25, -0.2) is 0 Å². The van der Waals surface area contributed by atoms with Gasteiger partial charge in [-0.15, -0.1) is 0 Å². The van der Waals surface area contributed by atoms with E-state index in [1.165, 1.54) is 0 Å². The Morgan fingerprint density at radius 1 is 0.800 bits per heavy atom. The lowest BCUT2D eigenvalue weighted by atomic mass is 10.00. The molecule has 0 saturated heterocycles. The van der Waals surface area contributed by atoms with Crippen LogP contribution in [0.4, 0.5) is 0 Å². The van der Waals surface area contributed by atoms with Crippen molar-refractivity contribution in [1.29, 1.82) is 0 Å². The number of carbonyl (C=O) groups excluding carboxylic acids is 1. The van der Waals surface area contributed by atoms with Gasteiger partial charge in [0.25, 0.3) is 0 Å². The van der Waals surface area contributed by atoms with Gasteiger partial charge in [-0.3, -0.25) is 9.59 Å². The molecule has 25 heavy (non-hydrogen) atoms. The van der Waals surface area contributed by atoms with Crippen molar-refractivity contribution in [2.75, 3.05) is 7.11 Å². The lowest BCUT2D eigenvalue weighted by molar-refractivity contribution is -0.137. The van der Waals surface area contributed by atoms with E-state index < -0.39 is 5.97 Å². The van der Waals surface area contributed by atoms with Crippen molar-refractivity contribution in [3.63, 3.8) is 0 Å². The van der Waals surface area contributed by atoms with Crippen molar-refractivity contribution in [2.24, 2.45) is 0 Å². The molecule has 2 aromatic carbocycles. The third-order valence-electron chi connectivity index (χ3n) is 4.17. The van der Waals surface area contributed by atoms with Crippen LogP contribution in [0.3, 0.4) is 0 Å². The van der Waals surface area contributed by atoms with E-state index in [0.29, 0.717) is 12.8 Å². The lowest BCUT2D eigenvalue weighted by Crippen LogP contribution is -1.99. The van der Waals surface area contributed by atoms with Gasteiger partial charge < -0.3 is 9.84 Å². The molecule has 2 rings (SSSR count). The molecule has 0 fully saturated rings. The maximum absolute atomic E-state index is 12.2. The van der Waals surface area contributed by atoms with Crippen LogP contribution >= 0.6 is 0 Å². The van der Waals surface area contributed by atoms with Crippen LogP contribution in [0.25, 0.3) is 11.1 Å². The van der Waals surface area contributed by atoms with Gasteiger partial charge in [-0.1, -0.05) is 49.2 Å². The summed E-state index contributed by atoms with van der Waals surface area (Å²) in [5.41, 5.74) is 2.87. The minimum absolute atomic E-state index is 0.138. The van der Waals surface area contributed by atoms with Gasteiger partial charge in [0.2, 0.25) is 0 Å². The fourth-order valence-electron chi connectivity index (χ4n) is 2.69. The summed E-state index contributed by atoms with van der Waals surface area (Å²) in [6.07, 6.45) is 3.95. The Morgan fingerprint density at radius 2 is 1.32 bits per heavy atom. The van der Waals surface area contributed by atoms with Crippen LogP contribution in [-0.4, -0.2) is 24.0 Å². The van der Waals surface area contributed by atoms with Gasteiger partial charge in [0.1, 0.15) is 5.75 Å². The molecule has 132 valence electrons. The fraction of sp³-hybridized carbons (Fsp3) is 0.333. The van der Waals surface area contributed by atoms with Gasteiger partial charge in [0.15, 0.2) is 5.78 Å². The number of unbranched alkanes of at least 4 members (excludes halogenated alkanes) is 3. The summed E-state index contributed by atoms with van der Waals surface area (Å²) in [6, 6.07) is 15.5. The number of benzene rings is 2. The fourth-order valence-corrected chi connectivity index (χ4v) is 2.69. The minimum Gasteiger partial charge on any atom is -0.497 e. The molecule has 0 heterocycles. The van der Waals surface area contributed by atoms with Crippen molar-refractivity contribution < 1.29 is 19.4 Å².